The molecule has 0 aliphatic rings. The number of amides is 1. The molecule has 0 atom stereocenters. The zero-order chi connectivity index (χ0) is 24.9. The number of rotatable bonds is 8. The summed E-state index contributed by atoms with van der Waals surface area (Å²) in [6, 6.07) is 17.3. The van der Waals surface area contributed by atoms with Crippen LogP contribution in [0.1, 0.15) is 22.3 Å². The smallest absolute Gasteiger partial charge is 0.269 e. The van der Waals surface area contributed by atoms with E-state index in [1.165, 1.54) is 42.6 Å². The number of hydrogen-bond donors (Lipinski definition) is 1. The molecule has 3 aromatic rings. The maximum atomic E-state index is 13.4. The van der Waals surface area contributed by atoms with Crippen molar-refractivity contribution < 1.29 is 18.1 Å². The van der Waals surface area contributed by atoms with Crippen LogP contribution in [0, 0.1) is 30.9 Å². The van der Waals surface area contributed by atoms with E-state index >= 15 is 0 Å². The Morgan fingerprint density at radius 1 is 0.971 bits per heavy atom. The van der Waals surface area contributed by atoms with Crippen molar-refractivity contribution in [2.75, 3.05) is 10.8 Å². The van der Waals surface area contributed by atoms with E-state index in [1.54, 1.807) is 24.3 Å². The van der Waals surface area contributed by atoms with Gasteiger partial charge in [-0.25, -0.2) is 13.8 Å². The second-order valence-electron chi connectivity index (χ2n) is 7.81. The Hall–Kier alpha value is -4.05. The van der Waals surface area contributed by atoms with Crippen LogP contribution in [0.5, 0.6) is 0 Å². The Morgan fingerprint density at radius 2 is 1.56 bits per heavy atom. The van der Waals surface area contributed by atoms with Gasteiger partial charge in [-0.15, -0.1) is 0 Å². The first-order valence-electron chi connectivity index (χ1n) is 10.3. The Labute approximate surface area is 197 Å². The van der Waals surface area contributed by atoms with E-state index in [0.717, 1.165) is 21.0 Å². The van der Waals surface area contributed by atoms with Crippen molar-refractivity contribution in [3.05, 3.63) is 99.1 Å². The number of benzene rings is 3. The van der Waals surface area contributed by atoms with Crippen molar-refractivity contribution >= 4 is 33.5 Å². The van der Waals surface area contributed by atoms with Crippen molar-refractivity contribution in [1.82, 2.24) is 5.43 Å². The van der Waals surface area contributed by atoms with Crippen LogP contribution >= 0.6 is 0 Å². The first-order chi connectivity index (χ1) is 16.1. The van der Waals surface area contributed by atoms with Crippen LogP contribution in [0.3, 0.4) is 0 Å². The van der Waals surface area contributed by atoms with Gasteiger partial charge in [0.2, 0.25) is 0 Å². The SMILES string of the molecule is Cc1ccc(S(=O)(=O)N(CC(=O)N/N=C\c2ccc([N+](=O)[O-])cc2)c2cc(C)cc(C)c2)cc1. The van der Waals surface area contributed by atoms with Crippen LogP contribution < -0.4 is 9.73 Å². The fourth-order valence-corrected chi connectivity index (χ4v) is 4.68. The Bertz CT molecular complexity index is 1310. The molecular formula is C24H24N4O5S. The third kappa shape index (κ3) is 6.04. The Balaban J connectivity index is 1.84. The largest absolute Gasteiger partial charge is 0.271 e. The van der Waals surface area contributed by atoms with Gasteiger partial charge in [-0.1, -0.05) is 23.8 Å². The maximum Gasteiger partial charge on any atom is 0.269 e. The van der Waals surface area contributed by atoms with Gasteiger partial charge in [0.1, 0.15) is 6.54 Å². The maximum absolute atomic E-state index is 13.4. The number of non-ortho nitro benzene ring substituents is 1. The lowest BCUT2D eigenvalue weighted by atomic mass is 10.1. The van der Waals surface area contributed by atoms with Gasteiger partial charge < -0.3 is 0 Å². The molecule has 9 nitrogen and oxygen atoms in total. The first-order valence-corrected chi connectivity index (χ1v) is 11.7. The molecule has 0 aliphatic heterocycles. The molecule has 0 saturated carbocycles. The summed E-state index contributed by atoms with van der Waals surface area (Å²) in [5.41, 5.74) is 5.78. The van der Waals surface area contributed by atoms with Gasteiger partial charge >= 0.3 is 0 Å². The lowest BCUT2D eigenvalue weighted by Gasteiger charge is -2.24. The number of hydrazone groups is 1. The van der Waals surface area contributed by atoms with Gasteiger partial charge in [0.15, 0.2) is 0 Å². The molecule has 0 heterocycles. The molecule has 3 aromatic carbocycles. The van der Waals surface area contributed by atoms with E-state index in [0.29, 0.717) is 11.3 Å². The van der Waals surface area contributed by atoms with Crippen LogP contribution in [-0.2, 0) is 14.8 Å². The number of nitrogens with zero attached hydrogens (tertiary/aromatic N) is 3. The van der Waals surface area contributed by atoms with Crippen molar-refractivity contribution in [2.45, 2.75) is 25.7 Å². The highest BCUT2D eigenvalue weighted by atomic mass is 32.2. The van der Waals surface area contributed by atoms with Crippen LogP contribution in [-0.4, -0.2) is 32.0 Å². The average molecular weight is 481 g/mol. The lowest BCUT2D eigenvalue weighted by Crippen LogP contribution is -2.39. The highest BCUT2D eigenvalue weighted by Crippen LogP contribution is 2.26. The molecule has 1 amide bonds. The normalized spacial score (nSPS) is 11.4. The van der Waals surface area contributed by atoms with E-state index < -0.39 is 27.4 Å². The second-order valence-corrected chi connectivity index (χ2v) is 9.67. The van der Waals surface area contributed by atoms with Crippen LogP contribution in [0.25, 0.3) is 0 Å². The standard InChI is InChI=1S/C24H24N4O5S/c1-17-4-10-23(11-5-17)34(32,33)27(22-13-18(2)12-19(3)14-22)16-24(29)26-25-15-20-6-8-21(9-7-20)28(30)31/h4-15H,16H2,1-3H3,(H,26,29)/b25-15-. The van der Waals surface area contributed by atoms with Crippen LogP contribution in [0.2, 0.25) is 0 Å². The highest BCUT2D eigenvalue weighted by molar-refractivity contribution is 7.92. The summed E-state index contributed by atoms with van der Waals surface area (Å²) >= 11 is 0. The summed E-state index contributed by atoms with van der Waals surface area (Å²) < 4.78 is 27.9. The molecule has 1 N–H and O–H groups in total. The summed E-state index contributed by atoms with van der Waals surface area (Å²) in [7, 11) is -4.03. The Morgan fingerprint density at radius 3 is 2.12 bits per heavy atom. The minimum atomic E-state index is -4.03. The van der Waals surface area contributed by atoms with Crippen molar-refractivity contribution in [3.8, 4) is 0 Å². The number of sulfonamides is 1. The number of anilines is 1. The van der Waals surface area contributed by atoms with Crippen molar-refractivity contribution in [3.63, 3.8) is 0 Å². The zero-order valence-electron chi connectivity index (χ0n) is 18.9. The third-order valence-electron chi connectivity index (χ3n) is 4.90. The van der Waals surface area contributed by atoms with Crippen molar-refractivity contribution in [2.24, 2.45) is 5.10 Å². The monoisotopic (exact) mass is 480 g/mol. The minimum Gasteiger partial charge on any atom is -0.271 e. The molecule has 0 aromatic heterocycles. The quantitative estimate of drug-likeness (QED) is 0.298. The summed E-state index contributed by atoms with van der Waals surface area (Å²) in [6.45, 7) is 5.06. The molecule has 0 bridgehead atoms. The van der Waals surface area contributed by atoms with Gasteiger partial charge in [0, 0.05) is 12.1 Å². The van der Waals surface area contributed by atoms with Gasteiger partial charge in [-0.2, -0.15) is 5.10 Å². The molecule has 0 radical (unpaired) electrons. The lowest BCUT2D eigenvalue weighted by molar-refractivity contribution is -0.384. The number of carbonyl (C=O) groups is 1. The molecule has 0 unspecified atom stereocenters. The summed E-state index contributed by atoms with van der Waals surface area (Å²) in [5.74, 6) is -0.645. The van der Waals surface area contributed by atoms with E-state index in [9.17, 15) is 23.3 Å². The number of carbonyl (C=O) groups excluding carboxylic acids is 1. The summed E-state index contributed by atoms with van der Waals surface area (Å²) in [4.78, 5) is 22.9. The first kappa shape index (κ1) is 24.6. The van der Waals surface area contributed by atoms with Crippen molar-refractivity contribution in [1.29, 1.82) is 0 Å². The fourth-order valence-electron chi connectivity index (χ4n) is 3.27. The van der Waals surface area contributed by atoms with E-state index in [4.69, 9.17) is 0 Å². The number of nitro benzene ring substituents is 1. The van der Waals surface area contributed by atoms with Gasteiger partial charge in [0.25, 0.3) is 21.6 Å². The van der Waals surface area contributed by atoms with Crippen LogP contribution in [0.15, 0.2) is 76.7 Å². The molecule has 176 valence electrons. The molecule has 34 heavy (non-hydrogen) atoms. The van der Waals surface area contributed by atoms with Gasteiger partial charge in [-0.05, 0) is 73.9 Å². The molecule has 0 spiro atoms. The summed E-state index contributed by atoms with van der Waals surface area (Å²) in [6.07, 6.45) is 1.32. The third-order valence-corrected chi connectivity index (χ3v) is 6.69. The molecule has 0 fully saturated rings. The number of aryl methyl sites for hydroxylation is 3. The number of hydrogen-bond acceptors (Lipinski definition) is 6. The van der Waals surface area contributed by atoms with E-state index in [1.807, 2.05) is 26.8 Å². The predicted octanol–water partition coefficient (Wildman–Crippen LogP) is 3.87. The minimum absolute atomic E-state index is 0.0633. The average Bonchev–Trinajstić information content (AvgIpc) is 2.77. The molecule has 3 rings (SSSR count). The van der Waals surface area contributed by atoms with Crippen LogP contribution in [0.4, 0.5) is 11.4 Å². The second kappa shape index (κ2) is 10.3. The number of nitro groups is 1. The highest BCUT2D eigenvalue weighted by Gasteiger charge is 2.27. The zero-order valence-corrected chi connectivity index (χ0v) is 19.7. The summed E-state index contributed by atoms with van der Waals surface area (Å²) in [5, 5.41) is 14.6. The molecule has 10 heteroatoms. The van der Waals surface area contributed by atoms with E-state index in [2.05, 4.69) is 10.5 Å². The topological polar surface area (TPSA) is 122 Å². The molecular weight excluding hydrogens is 456 g/mol. The molecule has 0 aliphatic carbocycles. The molecule has 0 saturated heterocycles. The number of nitrogens with one attached hydrogen (secondary N) is 1. The Kier molecular flexibility index (Phi) is 7.42. The van der Waals surface area contributed by atoms with Gasteiger partial charge in [-0.3, -0.25) is 19.2 Å². The predicted molar refractivity (Wildman–Crippen MR) is 130 cm³/mol. The van der Waals surface area contributed by atoms with E-state index in [-0.39, 0.29) is 10.6 Å². The fraction of sp³-hybridized carbons (Fsp3) is 0.167. The van der Waals surface area contributed by atoms with Gasteiger partial charge in [0.05, 0.1) is 21.7 Å².